The maximum absolute atomic E-state index is 13.0. The van der Waals surface area contributed by atoms with Crippen LogP contribution in [-0.4, -0.2) is 41.2 Å². The highest BCUT2D eigenvalue weighted by atomic mass is 79.9. The van der Waals surface area contributed by atoms with E-state index in [1.165, 1.54) is 4.90 Å². The number of hydrogen-bond donors (Lipinski definition) is 1. The smallest absolute Gasteiger partial charge is 0.322 e. The Bertz CT molecular complexity index is 1080. The molecule has 152 valence electrons. The average molecular weight is 459 g/mol. The fourth-order valence-corrected chi connectivity index (χ4v) is 3.40. The number of amides is 2. The molecule has 3 aromatic rings. The number of carbonyl (C=O) groups excluding carboxylic acids is 1. The van der Waals surface area contributed by atoms with E-state index in [0.717, 1.165) is 4.47 Å². The summed E-state index contributed by atoms with van der Waals surface area (Å²) < 4.78 is 7.53. The predicted octanol–water partition coefficient (Wildman–Crippen LogP) is 4.03. The Morgan fingerprint density at radius 3 is 2.66 bits per heavy atom. The Morgan fingerprint density at radius 2 is 1.93 bits per heavy atom. The van der Waals surface area contributed by atoms with Gasteiger partial charge in [-0.1, -0.05) is 24.3 Å². The van der Waals surface area contributed by atoms with Crippen LogP contribution >= 0.6 is 15.9 Å². The van der Waals surface area contributed by atoms with Crippen LogP contribution in [0.15, 0.2) is 57.8 Å². The van der Waals surface area contributed by atoms with Crippen molar-refractivity contribution in [1.29, 1.82) is 0 Å². The average Bonchev–Trinajstić information content (AvgIpc) is 2.73. The maximum Gasteiger partial charge on any atom is 0.322 e. The first-order valence-electron chi connectivity index (χ1n) is 9.20. The van der Waals surface area contributed by atoms with Crippen LogP contribution in [0.25, 0.3) is 10.9 Å². The molecule has 2 amide bonds. The maximum atomic E-state index is 13.0. The normalized spacial score (nSPS) is 12.0. The van der Waals surface area contributed by atoms with Crippen molar-refractivity contribution in [1.82, 2.24) is 14.5 Å². The molecule has 1 heterocycles. The number of fused-ring (bicyclic) bond motifs is 1. The number of methoxy groups -OCH3 is 1. The highest BCUT2D eigenvalue weighted by Crippen LogP contribution is 2.24. The van der Waals surface area contributed by atoms with Crippen LogP contribution in [0, 0.1) is 0 Å². The minimum atomic E-state index is -0.438. The molecule has 0 saturated carbocycles. The second kappa shape index (κ2) is 9.19. The predicted molar refractivity (Wildman–Crippen MR) is 117 cm³/mol. The Morgan fingerprint density at radius 1 is 1.24 bits per heavy atom. The Hall–Kier alpha value is -2.71. The third-order valence-electron chi connectivity index (χ3n) is 4.80. The van der Waals surface area contributed by atoms with Crippen molar-refractivity contribution in [2.45, 2.75) is 19.5 Å². The molecule has 0 fully saturated rings. The van der Waals surface area contributed by atoms with Crippen LogP contribution in [0.2, 0.25) is 0 Å². The van der Waals surface area contributed by atoms with Crippen LogP contribution in [0.1, 0.15) is 18.8 Å². The van der Waals surface area contributed by atoms with Crippen molar-refractivity contribution in [2.75, 3.05) is 26.1 Å². The second-order valence-corrected chi connectivity index (χ2v) is 7.49. The van der Waals surface area contributed by atoms with Crippen molar-refractivity contribution < 1.29 is 9.53 Å². The Kier molecular flexibility index (Phi) is 6.66. The number of ether oxygens (including phenoxy) is 1. The van der Waals surface area contributed by atoms with Gasteiger partial charge in [0.2, 0.25) is 0 Å². The molecule has 0 bridgehead atoms. The van der Waals surface area contributed by atoms with E-state index in [-0.39, 0.29) is 11.6 Å². The topological polar surface area (TPSA) is 76.5 Å². The van der Waals surface area contributed by atoms with Gasteiger partial charge in [0.05, 0.1) is 35.8 Å². The van der Waals surface area contributed by atoms with Crippen LogP contribution in [0.3, 0.4) is 0 Å². The van der Waals surface area contributed by atoms with E-state index in [0.29, 0.717) is 35.6 Å². The van der Waals surface area contributed by atoms with E-state index in [4.69, 9.17) is 9.72 Å². The van der Waals surface area contributed by atoms with Gasteiger partial charge in [0, 0.05) is 18.6 Å². The third kappa shape index (κ3) is 4.49. The number of para-hydroxylation sites is 2. The summed E-state index contributed by atoms with van der Waals surface area (Å²) in [6, 6.07) is 13.8. The standard InChI is InChI=1S/C21H23BrN4O3/c1-14(25(2)21(28)24-18-11-7-5-9-16(18)22)19-23-17-10-6-4-8-15(17)20(27)26(19)12-13-29-3/h4-11,14H,12-13H2,1-3H3,(H,24,28). The summed E-state index contributed by atoms with van der Waals surface area (Å²) in [5, 5.41) is 3.42. The molecule has 7 nitrogen and oxygen atoms in total. The zero-order chi connectivity index (χ0) is 21.0. The van der Waals surface area contributed by atoms with Gasteiger partial charge in [-0.2, -0.15) is 0 Å². The fraction of sp³-hybridized carbons (Fsp3) is 0.286. The summed E-state index contributed by atoms with van der Waals surface area (Å²) in [4.78, 5) is 32.1. The van der Waals surface area contributed by atoms with E-state index in [1.807, 2.05) is 43.3 Å². The number of benzene rings is 2. The molecule has 1 N–H and O–H groups in total. The number of nitrogens with one attached hydrogen (secondary N) is 1. The molecule has 3 rings (SSSR count). The summed E-state index contributed by atoms with van der Waals surface area (Å²) in [6.07, 6.45) is 0. The molecule has 1 aromatic heterocycles. The van der Waals surface area contributed by atoms with E-state index in [2.05, 4.69) is 21.2 Å². The molecule has 0 saturated heterocycles. The van der Waals surface area contributed by atoms with Gasteiger partial charge in [-0.05, 0) is 47.1 Å². The summed E-state index contributed by atoms with van der Waals surface area (Å²) in [5.41, 5.74) is 1.13. The minimum absolute atomic E-state index is 0.144. The molecule has 1 atom stereocenters. The van der Waals surface area contributed by atoms with Crippen molar-refractivity contribution >= 4 is 38.6 Å². The Labute approximate surface area is 177 Å². The molecule has 0 aliphatic carbocycles. The number of carbonyl (C=O) groups is 1. The van der Waals surface area contributed by atoms with Crippen LogP contribution in [-0.2, 0) is 11.3 Å². The number of hydrogen-bond acceptors (Lipinski definition) is 4. The van der Waals surface area contributed by atoms with Gasteiger partial charge in [-0.15, -0.1) is 0 Å². The van der Waals surface area contributed by atoms with E-state index in [1.54, 1.807) is 30.9 Å². The molecule has 0 aliphatic heterocycles. The van der Waals surface area contributed by atoms with Gasteiger partial charge in [-0.3, -0.25) is 9.36 Å². The molecular weight excluding hydrogens is 436 g/mol. The lowest BCUT2D eigenvalue weighted by Gasteiger charge is -2.27. The SMILES string of the molecule is COCCn1c(C(C)N(C)C(=O)Nc2ccccc2Br)nc2ccccc2c1=O. The molecule has 0 spiro atoms. The van der Waals surface area contributed by atoms with Gasteiger partial charge < -0.3 is 15.0 Å². The lowest BCUT2D eigenvalue weighted by atomic mass is 10.2. The summed E-state index contributed by atoms with van der Waals surface area (Å²) in [7, 11) is 3.26. The molecule has 0 radical (unpaired) electrons. The first-order chi connectivity index (χ1) is 13.9. The molecule has 0 aliphatic rings. The quantitative estimate of drug-likeness (QED) is 0.604. The van der Waals surface area contributed by atoms with Gasteiger partial charge in [-0.25, -0.2) is 9.78 Å². The third-order valence-corrected chi connectivity index (χ3v) is 5.49. The van der Waals surface area contributed by atoms with E-state index in [9.17, 15) is 9.59 Å². The van der Waals surface area contributed by atoms with Gasteiger partial charge >= 0.3 is 6.03 Å². The Balaban J connectivity index is 1.96. The van der Waals surface area contributed by atoms with Gasteiger partial charge in [0.15, 0.2) is 0 Å². The minimum Gasteiger partial charge on any atom is -0.383 e. The first kappa shape index (κ1) is 21.0. The lowest BCUT2D eigenvalue weighted by molar-refractivity contribution is 0.180. The van der Waals surface area contributed by atoms with Crippen molar-refractivity contribution in [3.8, 4) is 0 Å². The number of urea groups is 1. The number of anilines is 1. The number of rotatable bonds is 6. The second-order valence-electron chi connectivity index (χ2n) is 6.63. The van der Waals surface area contributed by atoms with Crippen molar-refractivity contribution in [3.63, 3.8) is 0 Å². The van der Waals surface area contributed by atoms with Crippen LogP contribution in [0.4, 0.5) is 10.5 Å². The fourth-order valence-electron chi connectivity index (χ4n) is 3.02. The van der Waals surface area contributed by atoms with Crippen LogP contribution in [0.5, 0.6) is 0 Å². The summed E-state index contributed by atoms with van der Waals surface area (Å²) >= 11 is 3.43. The highest BCUT2D eigenvalue weighted by molar-refractivity contribution is 9.10. The van der Waals surface area contributed by atoms with Gasteiger partial charge in [0.1, 0.15) is 5.82 Å². The molecule has 1 unspecified atom stereocenters. The van der Waals surface area contributed by atoms with Crippen LogP contribution < -0.4 is 10.9 Å². The van der Waals surface area contributed by atoms with Crippen molar-refractivity contribution in [2.24, 2.45) is 0 Å². The number of halogens is 1. The molecular formula is C21H23BrN4O3. The molecule has 29 heavy (non-hydrogen) atoms. The number of nitrogens with zero attached hydrogens (tertiary/aromatic N) is 3. The first-order valence-corrected chi connectivity index (χ1v) is 10.00. The summed E-state index contributed by atoms with van der Waals surface area (Å²) in [5.74, 6) is 0.510. The zero-order valence-electron chi connectivity index (χ0n) is 16.6. The lowest BCUT2D eigenvalue weighted by Crippen LogP contribution is -2.38. The monoisotopic (exact) mass is 458 g/mol. The van der Waals surface area contributed by atoms with E-state index >= 15 is 0 Å². The molecule has 8 heteroatoms. The van der Waals surface area contributed by atoms with Gasteiger partial charge in [0.25, 0.3) is 5.56 Å². The zero-order valence-corrected chi connectivity index (χ0v) is 18.1. The molecule has 2 aromatic carbocycles. The largest absolute Gasteiger partial charge is 0.383 e. The summed E-state index contributed by atoms with van der Waals surface area (Å²) in [6.45, 7) is 2.57. The van der Waals surface area contributed by atoms with Crippen molar-refractivity contribution in [3.05, 3.63) is 69.2 Å². The van der Waals surface area contributed by atoms with E-state index < -0.39 is 6.04 Å². The highest BCUT2D eigenvalue weighted by Gasteiger charge is 2.23. The number of aromatic nitrogens is 2.